The molecule has 0 unspecified atom stereocenters. The number of aromatic nitrogens is 4. The summed E-state index contributed by atoms with van der Waals surface area (Å²) in [6.07, 6.45) is -3.74. The van der Waals surface area contributed by atoms with E-state index in [1.807, 2.05) is 37.4 Å². The molecule has 2 aliphatic rings. The molecule has 0 spiro atoms. The predicted molar refractivity (Wildman–Crippen MR) is 179 cm³/mol. The lowest BCUT2D eigenvalue weighted by Crippen LogP contribution is -2.43. The van der Waals surface area contributed by atoms with Crippen LogP contribution in [0.5, 0.6) is 0 Å². The Hall–Kier alpha value is -4.75. The number of anilines is 1. The van der Waals surface area contributed by atoms with E-state index in [-0.39, 0.29) is 5.91 Å². The highest BCUT2D eigenvalue weighted by Gasteiger charge is 2.39. The molecule has 4 aromatic rings. The number of nitrogens with zero attached hydrogens (tertiary/aromatic N) is 5. The highest BCUT2D eigenvalue weighted by atomic mass is 19.4. The summed E-state index contributed by atoms with van der Waals surface area (Å²) in [5, 5.41) is 27.6. The van der Waals surface area contributed by atoms with Crippen LogP contribution >= 0.6 is 0 Å². The first-order valence-electron chi connectivity index (χ1n) is 16.4. The van der Waals surface area contributed by atoms with Gasteiger partial charge in [0, 0.05) is 73.1 Å². The van der Waals surface area contributed by atoms with Crippen molar-refractivity contribution in [3.05, 3.63) is 53.5 Å². The van der Waals surface area contributed by atoms with Crippen molar-refractivity contribution in [2.75, 3.05) is 51.6 Å². The van der Waals surface area contributed by atoms with Gasteiger partial charge in [0.2, 0.25) is 0 Å². The fourth-order valence-electron chi connectivity index (χ4n) is 5.97. The van der Waals surface area contributed by atoms with Gasteiger partial charge >= 0.3 is 24.3 Å². The van der Waals surface area contributed by atoms with Gasteiger partial charge in [-0.1, -0.05) is 6.07 Å². The Morgan fingerprint density at radius 3 is 2.17 bits per heavy atom. The molecule has 52 heavy (non-hydrogen) atoms. The Kier molecular flexibility index (Phi) is 13.2. The Morgan fingerprint density at radius 2 is 1.58 bits per heavy atom. The maximum atomic E-state index is 13.2. The number of hydrogen-bond acceptors (Lipinski definition) is 8. The molecule has 0 aliphatic carbocycles. The maximum Gasteiger partial charge on any atom is 0.490 e. The molecule has 0 bridgehead atoms. The molecule has 0 radical (unpaired) electrons. The molecule has 1 aromatic carbocycles. The molecule has 3 aromatic heterocycles. The molecule has 1 atom stereocenters. The number of likely N-dealkylation sites (tertiary alicyclic amines) is 1. The van der Waals surface area contributed by atoms with E-state index in [0.29, 0.717) is 17.4 Å². The van der Waals surface area contributed by atoms with Crippen molar-refractivity contribution in [3.8, 4) is 0 Å². The van der Waals surface area contributed by atoms with Crippen molar-refractivity contribution in [1.82, 2.24) is 34.9 Å². The highest BCUT2D eigenvalue weighted by molar-refractivity contribution is 6.06. The second-order valence-electron chi connectivity index (χ2n) is 12.4. The molecule has 2 fully saturated rings. The minimum Gasteiger partial charge on any atom is -0.475 e. The minimum absolute atomic E-state index is 0.162. The van der Waals surface area contributed by atoms with E-state index >= 15 is 0 Å². The number of piperazine rings is 1. The molecular weight excluding hydrogens is 702 g/mol. The number of aryl methyl sites for hydroxylation is 2. The largest absolute Gasteiger partial charge is 0.490 e. The fraction of sp³-hybridized carbons (Fsp3) is 0.485. The number of aromatic amines is 1. The number of nitrogens with one attached hydrogen (secondary N) is 3. The standard InChI is InChI=1S/C29H38N8O.2C2HF3O2/c1-20-23-8-7-21(17-27(23)37(34-20)13-4-3-12-36-14-9-30-10-15-36)29(38)33-28-18-24-22(19-31-28)16-25(32-24)26-6-5-11-35(26)2;2*3-2(4,5)1(6)7/h7-8,16-19,26,30,32H,3-6,9-15H2,1-2H3,(H,31,33,38);2*(H,6,7)/t26-;;/m0../s1. The van der Waals surface area contributed by atoms with Crippen molar-refractivity contribution in [2.45, 2.75) is 57.5 Å². The van der Waals surface area contributed by atoms with Crippen LogP contribution in [0.4, 0.5) is 32.2 Å². The van der Waals surface area contributed by atoms with Crippen LogP contribution in [0, 0.1) is 6.92 Å². The molecule has 19 heteroatoms. The van der Waals surface area contributed by atoms with Crippen LogP contribution in [0.25, 0.3) is 21.8 Å². The van der Waals surface area contributed by atoms with E-state index < -0.39 is 24.3 Å². The lowest BCUT2D eigenvalue weighted by atomic mass is 10.1. The van der Waals surface area contributed by atoms with Crippen LogP contribution in [-0.4, -0.2) is 116 Å². The molecule has 5 N–H and O–H groups in total. The number of amides is 1. The van der Waals surface area contributed by atoms with Crippen LogP contribution in [0.1, 0.15) is 53.5 Å². The third-order valence-electron chi connectivity index (χ3n) is 8.63. The van der Waals surface area contributed by atoms with Gasteiger partial charge in [0.05, 0.1) is 16.7 Å². The third kappa shape index (κ3) is 10.9. The molecule has 13 nitrogen and oxygen atoms in total. The Balaban J connectivity index is 0.000000367. The number of hydrogen-bond donors (Lipinski definition) is 5. The number of pyridine rings is 1. The summed E-state index contributed by atoms with van der Waals surface area (Å²) >= 11 is 0. The first kappa shape index (κ1) is 40.0. The zero-order valence-corrected chi connectivity index (χ0v) is 28.4. The van der Waals surface area contributed by atoms with E-state index in [1.54, 1.807) is 0 Å². The van der Waals surface area contributed by atoms with Crippen LogP contribution in [-0.2, 0) is 16.1 Å². The number of alkyl halides is 6. The summed E-state index contributed by atoms with van der Waals surface area (Å²) in [6, 6.07) is 10.4. The van der Waals surface area contributed by atoms with Crippen LogP contribution in [0.3, 0.4) is 0 Å². The summed E-state index contributed by atoms with van der Waals surface area (Å²) in [5.41, 5.74) is 4.83. The second-order valence-corrected chi connectivity index (χ2v) is 12.4. The van der Waals surface area contributed by atoms with Crippen molar-refractivity contribution in [1.29, 1.82) is 0 Å². The van der Waals surface area contributed by atoms with E-state index in [4.69, 9.17) is 24.9 Å². The molecular formula is C33H40F6N8O5. The van der Waals surface area contributed by atoms with Gasteiger partial charge in [0.15, 0.2) is 0 Å². The topological polar surface area (TPSA) is 169 Å². The van der Waals surface area contributed by atoms with Gasteiger partial charge in [0.25, 0.3) is 5.91 Å². The number of carboxylic acids is 2. The van der Waals surface area contributed by atoms with E-state index in [9.17, 15) is 31.1 Å². The maximum absolute atomic E-state index is 13.2. The molecule has 2 saturated heterocycles. The predicted octanol–water partition coefficient (Wildman–Crippen LogP) is 5.19. The zero-order chi connectivity index (χ0) is 38.2. The van der Waals surface area contributed by atoms with Crippen molar-refractivity contribution >= 4 is 45.5 Å². The van der Waals surface area contributed by atoms with Gasteiger partial charge in [0.1, 0.15) is 5.82 Å². The molecule has 2 aliphatic heterocycles. The van der Waals surface area contributed by atoms with Gasteiger partial charge < -0.3 is 30.7 Å². The van der Waals surface area contributed by atoms with Gasteiger partial charge in [-0.3, -0.25) is 14.4 Å². The number of benzene rings is 1. The molecule has 6 rings (SSSR count). The first-order chi connectivity index (χ1) is 24.4. The number of halogens is 6. The molecule has 5 heterocycles. The number of aliphatic carboxylic acids is 2. The smallest absolute Gasteiger partial charge is 0.475 e. The molecule has 1 amide bonds. The number of carbonyl (C=O) groups excluding carboxylic acids is 1. The summed E-state index contributed by atoms with van der Waals surface area (Å²) in [7, 11) is 2.17. The average molecular weight is 743 g/mol. The number of carboxylic acid groups (broad SMARTS) is 2. The Morgan fingerprint density at radius 1 is 0.942 bits per heavy atom. The van der Waals surface area contributed by atoms with Crippen LogP contribution in [0.15, 0.2) is 36.5 Å². The van der Waals surface area contributed by atoms with Crippen molar-refractivity contribution in [2.24, 2.45) is 0 Å². The number of unbranched alkanes of at least 4 members (excludes halogenated alkanes) is 1. The molecule has 0 saturated carbocycles. The van der Waals surface area contributed by atoms with E-state index in [1.165, 1.54) is 12.1 Å². The Bertz CT molecular complexity index is 1830. The van der Waals surface area contributed by atoms with Gasteiger partial charge in [-0.2, -0.15) is 31.4 Å². The molecule has 284 valence electrons. The van der Waals surface area contributed by atoms with E-state index in [2.05, 4.69) is 48.2 Å². The van der Waals surface area contributed by atoms with Crippen LogP contribution in [0.2, 0.25) is 0 Å². The number of H-pyrrole nitrogens is 1. The second kappa shape index (κ2) is 17.2. The first-order valence-corrected chi connectivity index (χ1v) is 16.4. The van der Waals surface area contributed by atoms with Crippen molar-refractivity contribution in [3.63, 3.8) is 0 Å². The summed E-state index contributed by atoms with van der Waals surface area (Å²) in [4.78, 5) is 44.0. The number of rotatable bonds is 8. The quantitative estimate of drug-likeness (QED) is 0.120. The summed E-state index contributed by atoms with van der Waals surface area (Å²) in [6.45, 7) is 9.57. The van der Waals surface area contributed by atoms with Gasteiger partial charge in [-0.15, -0.1) is 0 Å². The number of fused-ring (bicyclic) bond motifs is 2. The average Bonchev–Trinajstić information content (AvgIpc) is 3.79. The van der Waals surface area contributed by atoms with E-state index in [0.717, 1.165) is 92.6 Å². The summed E-state index contributed by atoms with van der Waals surface area (Å²) < 4.78 is 65.5. The van der Waals surface area contributed by atoms with Gasteiger partial charge in [-0.05, 0) is 70.9 Å². The monoisotopic (exact) mass is 742 g/mol. The third-order valence-corrected chi connectivity index (χ3v) is 8.63. The van der Waals surface area contributed by atoms with Crippen molar-refractivity contribution < 1.29 is 50.9 Å². The highest BCUT2D eigenvalue weighted by Crippen LogP contribution is 2.32. The van der Waals surface area contributed by atoms with Crippen LogP contribution < -0.4 is 10.6 Å². The number of carbonyl (C=O) groups is 3. The normalized spacial score (nSPS) is 17.0. The lowest BCUT2D eigenvalue weighted by Gasteiger charge is -2.27. The lowest BCUT2D eigenvalue weighted by molar-refractivity contribution is -0.193. The summed E-state index contributed by atoms with van der Waals surface area (Å²) in [5.74, 6) is -5.13. The Labute approximate surface area is 294 Å². The SMILES string of the molecule is Cc1nn(CCCCN2CCNCC2)c2cc(C(=O)Nc3cc4[nH]c([C@@H]5CCCN5C)cc4cn3)ccc12.O=C(O)C(F)(F)F.O=C(O)C(F)(F)F. The zero-order valence-electron chi connectivity index (χ0n) is 28.4. The minimum atomic E-state index is -5.08. The fourth-order valence-corrected chi connectivity index (χ4v) is 5.97. The van der Waals surface area contributed by atoms with Gasteiger partial charge in [-0.25, -0.2) is 14.6 Å².